The topological polar surface area (TPSA) is 76.4 Å². The minimum Gasteiger partial charge on any atom is -0.466 e. The number of carbonyl (C=O) groups is 2. The molecule has 7 heteroatoms. The van der Waals surface area contributed by atoms with Gasteiger partial charge in [-0.2, -0.15) is 5.26 Å². The highest BCUT2D eigenvalue weighted by Crippen LogP contribution is 2.28. The molecule has 1 aromatic carbocycles. The molecule has 0 spiro atoms. The van der Waals surface area contributed by atoms with Gasteiger partial charge in [-0.15, -0.1) is 0 Å². The lowest BCUT2D eigenvalue weighted by molar-refractivity contribution is -0.146. The van der Waals surface area contributed by atoms with E-state index in [2.05, 4.69) is 6.07 Å². The highest BCUT2D eigenvalue weighted by Gasteiger charge is 2.20. The first-order valence-corrected chi connectivity index (χ1v) is 8.61. The lowest BCUT2D eigenvalue weighted by atomic mass is 10.2. The minimum absolute atomic E-state index is 0.00523. The van der Waals surface area contributed by atoms with Gasteiger partial charge in [0.05, 0.1) is 29.7 Å². The molecular formula is C17H19NO4S2. The zero-order valence-corrected chi connectivity index (χ0v) is 15.5. The number of hydrogen-bond acceptors (Lipinski definition) is 7. The lowest BCUT2D eigenvalue weighted by Gasteiger charge is -2.15. The maximum Gasteiger partial charge on any atom is 0.311 e. The standard InChI is InChI=1S/C17H19NO4S2/c1-4-21-14(19)9-10-15(20)22-13-7-5-12(6-8-13)16(23)24-17(2,3)11-18/h5-8H,4,9-10H2,1-3H3. The van der Waals surface area contributed by atoms with Crippen molar-refractivity contribution in [1.82, 2.24) is 0 Å². The number of ether oxygens (including phenoxy) is 2. The molecule has 0 saturated heterocycles. The monoisotopic (exact) mass is 365 g/mol. The summed E-state index contributed by atoms with van der Waals surface area (Å²) >= 11 is 6.62. The van der Waals surface area contributed by atoms with E-state index in [-0.39, 0.29) is 19.4 Å². The number of esters is 2. The molecule has 24 heavy (non-hydrogen) atoms. The maximum atomic E-state index is 11.7. The summed E-state index contributed by atoms with van der Waals surface area (Å²) < 4.78 is 9.89. The van der Waals surface area contributed by atoms with Crippen molar-refractivity contribution >= 4 is 40.1 Å². The Bertz CT molecular complexity index is 648. The van der Waals surface area contributed by atoms with Crippen LogP contribution in [0.1, 0.15) is 39.2 Å². The van der Waals surface area contributed by atoms with Crippen LogP contribution in [-0.2, 0) is 14.3 Å². The van der Waals surface area contributed by atoms with Crippen LogP contribution in [0.25, 0.3) is 0 Å². The minimum atomic E-state index is -0.602. The van der Waals surface area contributed by atoms with Crippen LogP contribution in [-0.4, -0.2) is 27.5 Å². The summed E-state index contributed by atoms with van der Waals surface area (Å²) in [4.78, 5) is 22.9. The van der Waals surface area contributed by atoms with Gasteiger partial charge < -0.3 is 9.47 Å². The number of nitrogens with zero attached hydrogens (tertiary/aromatic N) is 1. The van der Waals surface area contributed by atoms with Gasteiger partial charge in [-0.05, 0) is 50.6 Å². The van der Waals surface area contributed by atoms with Crippen molar-refractivity contribution in [2.45, 2.75) is 38.4 Å². The molecule has 1 rings (SSSR count). The molecule has 0 heterocycles. The summed E-state index contributed by atoms with van der Waals surface area (Å²) in [6.45, 7) is 5.58. The largest absolute Gasteiger partial charge is 0.466 e. The van der Waals surface area contributed by atoms with Crippen LogP contribution >= 0.6 is 24.0 Å². The number of nitriles is 1. The molecule has 0 aromatic heterocycles. The van der Waals surface area contributed by atoms with E-state index in [0.717, 1.165) is 5.56 Å². The maximum absolute atomic E-state index is 11.7. The van der Waals surface area contributed by atoms with Gasteiger partial charge in [0.2, 0.25) is 0 Å². The third-order valence-electron chi connectivity index (χ3n) is 2.78. The Labute approximate surface area is 151 Å². The quantitative estimate of drug-likeness (QED) is 0.415. The van der Waals surface area contributed by atoms with Gasteiger partial charge in [-0.1, -0.05) is 24.0 Å². The van der Waals surface area contributed by atoms with Crippen molar-refractivity contribution in [3.8, 4) is 11.8 Å². The van der Waals surface area contributed by atoms with Gasteiger partial charge in [0.15, 0.2) is 0 Å². The Balaban J connectivity index is 2.56. The van der Waals surface area contributed by atoms with Crippen molar-refractivity contribution in [3.05, 3.63) is 29.8 Å². The summed E-state index contributed by atoms with van der Waals surface area (Å²) in [5.74, 6) is -0.550. The van der Waals surface area contributed by atoms with Crippen LogP contribution in [0.2, 0.25) is 0 Å². The fourth-order valence-corrected chi connectivity index (χ4v) is 3.12. The van der Waals surface area contributed by atoms with Crippen molar-refractivity contribution in [2.75, 3.05) is 6.61 Å². The smallest absolute Gasteiger partial charge is 0.311 e. The van der Waals surface area contributed by atoms with E-state index in [4.69, 9.17) is 27.0 Å². The first kappa shape index (κ1) is 20.1. The fourth-order valence-electron chi connectivity index (χ4n) is 1.59. The zero-order valence-electron chi connectivity index (χ0n) is 13.8. The van der Waals surface area contributed by atoms with E-state index in [9.17, 15) is 9.59 Å². The van der Waals surface area contributed by atoms with Gasteiger partial charge in [0, 0.05) is 0 Å². The first-order chi connectivity index (χ1) is 11.3. The summed E-state index contributed by atoms with van der Waals surface area (Å²) in [6, 6.07) is 8.90. The number of thioether (sulfide) groups is 1. The van der Waals surface area contributed by atoms with Crippen LogP contribution in [0.3, 0.4) is 0 Å². The molecular weight excluding hydrogens is 346 g/mol. The molecule has 128 valence electrons. The van der Waals surface area contributed by atoms with Crippen LogP contribution in [0.5, 0.6) is 5.75 Å². The highest BCUT2D eigenvalue weighted by molar-refractivity contribution is 8.24. The molecule has 0 aliphatic rings. The average Bonchev–Trinajstić information content (AvgIpc) is 2.53. The number of hydrogen-bond donors (Lipinski definition) is 0. The van der Waals surface area contributed by atoms with Crippen molar-refractivity contribution in [3.63, 3.8) is 0 Å². The SMILES string of the molecule is CCOC(=O)CCC(=O)Oc1ccc(C(=S)SC(C)(C)C#N)cc1. The Morgan fingerprint density at radius 3 is 2.33 bits per heavy atom. The first-order valence-electron chi connectivity index (χ1n) is 7.38. The molecule has 0 radical (unpaired) electrons. The fraction of sp³-hybridized carbons (Fsp3) is 0.412. The molecule has 0 aliphatic heterocycles. The van der Waals surface area contributed by atoms with Gasteiger partial charge in [-0.3, -0.25) is 9.59 Å². The molecule has 0 atom stereocenters. The zero-order chi connectivity index (χ0) is 18.2. The van der Waals surface area contributed by atoms with E-state index in [1.165, 1.54) is 11.8 Å². The Kier molecular flexibility index (Phi) is 7.89. The Morgan fingerprint density at radius 2 is 1.79 bits per heavy atom. The van der Waals surface area contributed by atoms with Crippen LogP contribution in [0.4, 0.5) is 0 Å². The molecule has 1 aromatic rings. The van der Waals surface area contributed by atoms with Crippen LogP contribution in [0, 0.1) is 11.3 Å². The van der Waals surface area contributed by atoms with Gasteiger partial charge >= 0.3 is 11.9 Å². The summed E-state index contributed by atoms with van der Waals surface area (Å²) in [6.07, 6.45) is -0.0417. The van der Waals surface area contributed by atoms with Gasteiger partial charge in [-0.25, -0.2) is 0 Å². The second kappa shape index (κ2) is 9.40. The summed E-state index contributed by atoms with van der Waals surface area (Å²) in [5, 5.41) is 9.04. The van der Waals surface area contributed by atoms with Gasteiger partial charge in [0.1, 0.15) is 10.5 Å². The van der Waals surface area contributed by atoms with Gasteiger partial charge in [0.25, 0.3) is 0 Å². The molecule has 0 unspecified atom stereocenters. The second-order valence-electron chi connectivity index (χ2n) is 5.32. The molecule has 0 bridgehead atoms. The Hall–Kier alpha value is -1.91. The molecule has 0 amide bonds. The average molecular weight is 365 g/mol. The van der Waals surface area contributed by atoms with Crippen molar-refractivity contribution in [2.24, 2.45) is 0 Å². The lowest BCUT2D eigenvalue weighted by Crippen LogP contribution is -2.14. The summed E-state index contributed by atoms with van der Waals surface area (Å²) in [7, 11) is 0. The molecule has 0 aliphatic carbocycles. The second-order valence-corrected chi connectivity index (χ2v) is 7.61. The molecule has 5 nitrogen and oxygen atoms in total. The van der Waals surface area contributed by atoms with E-state index >= 15 is 0 Å². The highest BCUT2D eigenvalue weighted by atomic mass is 32.2. The molecule has 0 saturated carbocycles. The number of rotatable bonds is 7. The predicted octanol–water partition coefficient (Wildman–Crippen LogP) is 3.65. The molecule has 0 fully saturated rings. The summed E-state index contributed by atoms with van der Waals surface area (Å²) in [5.41, 5.74) is 0.782. The Morgan fingerprint density at radius 1 is 1.21 bits per heavy atom. The van der Waals surface area contributed by atoms with Crippen LogP contribution in [0.15, 0.2) is 24.3 Å². The van der Waals surface area contributed by atoms with Crippen molar-refractivity contribution < 1.29 is 19.1 Å². The van der Waals surface area contributed by atoms with E-state index in [1.54, 1.807) is 45.0 Å². The van der Waals surface area contributed by atoms with E-state index in [1.807, 2.05) is 0 Å². The number of thiocarbonyl (C=S) groups is 1. The normalized spacial score (nSPS) is 10.6. The molecule has 0 N–H and O–H groups in total. The van der Waals surface area contributed by atoms with Crippen LogP contribution < -0.4 is 4.74 Å². The third kappa shape index (κ3) is 7.11. The van der Waals surface area contributed by atoms with E-state index < -0.39 is 16.7 Å². The number of carbonyl (C=O) groups excluding carboxylic acids is 2. The predicted molar refractivity (Wildman–Crippen MR) is 96.9 cm³/mol. The van der Waals surface area contributed by atoms with E-state index in [0.29, 0.717) is 9.95 Å². The van der Waals surface area contributed by atoms with Crippen molar-refractivity contribution in [1.29, 1.82) is 5.26 Å². The number of benzene rings is 1. The third-order valence-corrected chi connectivity index (χ3v) is 4.29.